The van der Waals surface area contributed by atoms with E-state index in [1.165, 1.54) is 0 Å². The smallest absolute Gasteiger partial charge is 0.153 e. The highest BCUT2D eigenvalue weighted by Crippen LogP contribution is 2.29. The van der Waals surface area contributed by atoms with E-state index < -0.39 is 0 Å². The van der Waals surface area contributed by atoms with Crippen LogP contribution in [0.3, 0.4) is 0 Å². The molecule has 4 heteroatoms. The Morgan fingerprint density at radius 3 is 2.50 bits per heavy atom. The van der Waals surface area contributed by atoms with Crippen LogP contribution >= 0.6 is 15.9 Å². The molecule has 0 aliphatic heterocycles. The number of aldehydes is 1. The maximum Gasteiger partial charge on any atom is 0.153 e. The maximum atomic E-state index is 11.3. The van der Waals surface area contributed by atoms with Crippen LogP contribution in [0.25, 0.3) is 16.5 Å². The van der Waals surface area contributed by atoms with Gasteiger partial charge in [-0.05, 0) is 45.3 Å². The van der Waals surface area contributed by atoms with Crippen LogP contribution in [-0.4, -0.2) is 6.29 Å². The molecule has 1 heterocycles. The van der Waals surface area contributed by atoms with E-state index in [4.69, 9.17) is 9.15 Å². The Morgan fingerprint density at radius 2 is 1.86 bits per heavy atom. The predicted octanol–water partition coefficient (Wildman–Crippen LogP) is 6.87. The van der Waals surface area contributed by atoms with Gasteiger partial charge in [-0.3, -0.25) is 4.79 Å². The van der Waals surface area contributed by atoms with Gasteiger partial charge >= 0.3 is 0 Å². The van der Waals surface area contributed by atoms with Crippen LogP contribution in [0.4, 0.5) is 0 Å². The van der Waals surface area contributed by atoms with Crippen LogP contribution in [0, 0.1) is 0 Å². The fraction of sp³-hybridized carbons (Fsp3) is 0.0417. The summed E-state index contributed by atoms with van der Waals surface area (Å²) >= 11 is 3.50. The zero-order valence-corrected chi connectivity index (χ0v) is 17.1. The lowest BCUT2D eigenvalue weighted by Gasteiger charge is -2.15. The van der Waals surface area contributed by atoms with Crippen molar-refractivity contribution >= 4 is 38.8 Å². The highest BCUT2D eigenvalue weighted by atomic mass is 79.9. The summed E-state index contributed by atoms with van der Waals surface area (Å²) in [6.07, 6.45) is 4.01. The number of allylic oxidation sites excluding steroid dienone is 3. The van der Waals surface area contributed by atoms with Gasteiger partial charge in [-0.2, -0.15) is 0 Å². The summed E-state index contributed by atoms with van der Waals surface area (Å²) in [5.74, 6) is 0.421. The number of rotatable bonds is 7. The standard InChI is InChI=1S/C22H17BrO3.C2H4/c1-3-19(17-7-5-4-6-8-17)21(15(2)13-24)26-14-16-11-18-9-10-25-22(18)20(23)12-16;1-2/h3-13H,1-2,14H2;1-2H2/b21-19-;. The van der Waals surface area contributed by atoms with Crippen LogP contribution < -0.4 is 0 Å². The van der Waals surface area contributed by atoms with Gasteiger partial charge in [0.05, 0.1) is 10.7 Å². The first kappa shape index (κ1) is 21.2. The van der Waals surface area contributed by atoms with Crippen molar-refractivity contribution in [2.75, 3.05) is 0 Å². The zero-order valence-electron chi connectivity index (χ0n) is 15.5. The fourth-order valence-electron chi connectivity index (χ4n) is 2.69. The molecule has 142 valence electrons. The minimum Gasteiger partial charge on any atom is -0.488 e. The summed E-state index contributed by atoms with van der Waals surface area (Å²) in [5.41, 5.74) is 3.64. The summed E-state index contributed by atoms with van der Waals surface area (Å²) in [5, 5.41) is 0.977. The number of hydrogen-bond acceptors (Lipinski definition) is 3. The largest absolute Gasteiger partial charge is 0.488 e. The molecule has 0 atom stereocenters. The summed E-state index contributed by atoms with van der Waals surface area (Å²) < 4.78 is 12.3. The molecule has 3 nitrogen and oxygen atoms in total. The van der Waals surface area contributed by atoms with Gasteiger partial charge in [-0.25, -0.2) is 0 Å². The van der Waals surface area contributed by atoms with Crippen LogP contribution in [0.5, 0.6) is 0 Å². The minimum atomic E-state index is 0.271. The number of hydrogen-bond donors (Lipinski definition) is 0. The fourth-order valence-corrected chi connectivity index (χ4v) is 3.31. The molecule has 3 rings (SSSR count). The van der Waals surface area contributed by atoms with E-state index in [0.29, 0.717) is 12.0 Å². The first-order valence-corrected chi connectivity index (χ1v) is 9.28. The van der Waals surface area contributed by atoms with E-state index in [1.807, 2.05) is 48.5 Å². The lowest BCUT2D eigenvalue weighted by atomic mass is 10.0. The minimum absolute atomic E-state index is 0.271. The van der Waals surface area contributed by atoms with Crippen molar-refractivity contribution in [3.63, 3.8) is 0 Å². The lowest BCUT2D eigenvalue weighted by Crippen LogP contribution is -2.01. The van der Waals surface area contributed by atoms with E-state index in [2.05, 4.69) is 42.2 Å². The van der Waals surface area contributed by atoms with Crippen molar-refractivity contribution in [3.8, 4) is 0 Å². The molecule has 0 bridgehead atoms. The molecule has 1 aromatic heterocycles. The van der Waals surface area contributed by atoms with Crippen molar-refractivity contribution in [3.05, 3.63) is 114 Å². The molecule has 3 aromatic rings. The lowest BCUT2D eigenvalue weighted by molar-refractivity contribution is -0.105. The third kappa shape index (κ3) is 4.78. The molecule has 0 aliphatic rings. The Kier molecular flexibility index (Phi) is 7.78. The topological polar surface area (TPSA) is 39.4 Å². The van der Waals surface area contributed by atoms with Crippen molar-refractivity contribution < 1.29 is 13.9 Å². The SMILES string of the molecule is C=C.C=C/C(=C(/OCc1cc(Br)c2occc2c1)C(=C)C=O)c1ccccc1. The van der Waals surface area contributed by atoms with Gasteiger partial charge in [0.25, 0.3) is 0 Å². The second kappa shape index (κ2) is 10.3. The number of carbonyl (C=O) groups excluding carboxylic acids is 1. The summed E-state index contributed by atoms with van der Waals surface area (Å²) in [7, 11) is 0. The molecule has 0 N–H and O–H groups in total. The Labute approximate surface area is 173 Å². The van der Waals surface area contributed by atoms with Crippen LogP contribution in [-0.2, 0) is 16.1 Å². The van der Waals surface area contributed by atoms with Crippen molar-refractivity contribution in [2.45, 2.75) is 6.61 Å². The molecule has 0 saturated carbocycles. The first-order valence-electron chi connectivity index (χ1n) is 8.49. The van der Waals surface area contributed by atoms with E-state index in [1.54, 1.807) is 12.3 Å². The van der Waals surface area contributed by atoms with Gasteiger partial charge in [0.15, 0.2) is 6.29 Å². The second-order valence-corrected chi connectivity index (χ2v) is 6.52. The average molecular weight is 437 g/mol. The van der Waals surface area contributed by atoms with Gasteiger partial charge in [-0.1, -0.05) is 49.6 Å². The molecule has 0 aliphatic carbocycles. The quantitative estimate of drug-likeness (QED) is 0.133. The molecule has 2 aromatic carbocycles. The van der Waals surface area contributed by atoms with E-state index in [-0.39, 0.29) is 12.2 Å². The van der Waals surface area contributed by atoms with Gasteiger partial charge in [0.1, 0.15) is 17.9 Å². The van der Waals surface area contributed by atoms with Gasteiger partial charge in [0.2, 0.25) is 0 Å². The molecule has 0 spiro atoms. The third-order valence-electron chi connectivity index (χ3n) is 3.92. The average Bonchev–Trinajstić information content (AvgIpc) is 3.22. The zero-order chi connectivity index (χ0) is 20.5. The van der Waals surface area contributed by atoms with Gasteiger partial charge in [-0.15, -0.1) is 13.2 Å². The Morgan fingerprint density at radius 1 is 1.14 bits per heavy atom. The summed E-state index contributed by atoms with van der Waals surface area (Å²) in [6.45, 7) is 14.0. The number of halogens is 1. The van der Waals surface area contributed by atoms with Crippen molar-refractivity contribution in [1.82, 2.24) is 0 Å². The molecular formula is C24H21BrO3. The monoisotopic (exact) mass is 436 g/mol. The molecule has 0 amide bonds. The molecule has 0 saturated heterocycles. The van der Waals surface area contributed by atoms with Crippen LogP contribution in [0.15, 0.2) is 107 Å². The predicted molar refractivity (Wildman–Crippen MR) is 119 cm³/mol. The maximum absolute atomic E-state index is 11.3. The molecule has 0 radical (unpaired) electrons. The van der Waals surface area contributed by atoms with Crippen molar-refractivity contribution in [1.29, 1.82) is 0 Å². The number of carbonyl (C=O) groups is 1. The number of benzene rings is 2. The first-order chi connectivity index (χ1) is 13.6. The highest BCUT2D eigenvalue weighted by Gasteiger charge is 2.13. The molecule has 28 heavy (non-hydrogen) atoms. The Hall–Kier alpha value is -3.11. The van der Waals surface area contributed by atoms with E-state index in [9.17, 15) is 4.79 Å². The summed E-state index contributed by atoms with van der Waals surface area (Å²) in [6, 6.07) is 15.5. The van der Waals surface area contributed by atoms with E-state index in [0.717, 1.165) is 32.1 Å². The van der Waals surface area contributed by atoms with Crippen LogP contribution in [0.2, 0.25) is 0 Å². The Bertz CT molecular complexity index is 1010. The molecule has 0 unspecified atom stereocenters. The highest BCUT2D eigenvalue weighted by molar-refractivity contribution is 9.10. The molecule has 0 fully saturated rings. The normalized spacial score (nSPS) is 11.0. The Balaban J connectivity index is 0.00000136. The third-order valence-corrected chi connectivity index (χ3v) is 4.51. The van der Waals surface area contributed by atoms with Gasteiger partial charge < -0.3 is 9.15 Å². The number of furan rings is 1. The molecular weight excluding hydrogens is 416 g/mol. The van der Waals surface area contributed by atoms with E-state index >= 15 is 0 Å². The summed E-state index contributed by atoms with van der Waals surface area (Å²) in [4.78, 5) is 11.3. The number of ether oxygens (including phenoxy) is 1. The second-order valence-electron chi connectivity index (χ2n) is 5.66. The number of fused-ring (bicyclic) bond motifs is 1. The van der Waals surface area contributed by atoms with Gasteiger partial charge in [0, 0.05) is 16.5 Å². The van der Waals surface area contributed by atoms with Crippen molar-refractivity contribution in [2.24, 2.45) is 0 Å². The van der Waals surface area contributed by atoms with Crippen LogP contribution in [0.1, 0.15) is 11.1 Å².